The number of aryl methyl sites for hydroxylation is 1. The van der Waals surface area contributed by atoms with Crippen molar-refractivity contribution < 1.29 is 22.7 Å². The van der Waals surface area contributed by atoms with Crippen molar-refractivity contribution in [3.63, 3.8) is 0 Å². The highest BCUT2D eigenvalue weighted by Crippen LogP contribution is 2.32. The maximum absolute atomic E-state index is 13.2. The van der Waals surface area contributed by atoms with Gasteiger partial charge in [0.25, 0.3) is 5.91 Å². The number of morpholine rings is 1. The summed E-state index contributed by atoms with van der Waals surface area (Å²) in [5, 5.41) is 0. The molecular formula is C23H28N2O5S. The van der Waals surface area contributed by atoms with Crippen molar-refractivity contribution in [2.24, 2.45) is 0 Å². The molecule has 2 aromatic rings. The number of fused-ring (bicyclic) bond motifs is 1. The van der Waals surface area contributed by atoms with Crippen LogP contribution in [0.25, 0.3) is 0 Å². The second kappa shape index (κ2) is 8.61. The van der Waals surface area contributed by atoms with Gasteiger partial charge in [0.1, 0.15) is 5.75 Å². The monoisotopic (exact) mass is 444 g/mol. The Labute approximate surface area is 183 Å². The first-order chi connectivity index (χ1) is 14.8. The molecule has 1 fully saturated rings. The molecule has 0 saturated carbocycles. The van der Waals surface area contributed by atoms with Crippen LogP contribution in [0.4, 0.5) is 5.69 Å². The molecular weight excluding hydrogens is 416 g/mol. The second-order valence-electron chi connectivity index (χ2n) is 8.16. The molecule has 0 aliphatic carbocycles. The van der Waals surface area contributed by atoms with Crippen molar-refractivity contribution in [1.29, 1.82) is 0 Å². The van der Waals surface area contributed by atoms with E-state index >= 15 is 0 Å². The standard InChI is InChI=1S/C23H28N2O5S/c1-16-14-24(15-17(2)30-16)31(27,28)21-9-6-18(7-10-21)23(26)25-12-4-5-19-13-20(29-3)8-11-22(19)25/h6-11,13,16-17H,4-5,12,14-15H2,1-3H3/t16-,17+. The normalized spacial score (nSPS) is 22.1. The highest BCUT2D eigenvalue weighted by molar-refractivity contribution is 7.89. The van der Waals surface area contributed by atoms with Crippen molar-refractivity contribution in [1.82, 2.24) is 4.31 Å². The summed E-state index contributed by atoms with van der Waals surface area (Å²) in [7, 11) is -2.01. The van der Waals surface area contributed by atoms with E-state index in [-0.39, 0.29) is 23.0 Å². The van der Waals surface area contributed by atoms with Crippen LogP contribution in [0.3, 0.4) is 0 Å². The van der Waals surface area contributed by atoms with Crippen LogP contribution >= 0.6 is 0 Å². The molecule has 166 valence electrons. The zero-order valence-electron chi connectivity index (χ0n) is 18.1. The third-order valence-corrected chi connectivity index (χ3v) is 7.62. The molecule has 0 spiro atoms. The SMILES string of the molecule is COc1ccc2c(c1)CCCN2C(=O)c1ccc(S(=O)(=O)N2C[C@@H](C)O[C@@H](C)C2)cc1. The molecule has 2 atom stereocenters. The first-order valence-electron chi connectivity index (χ1n) is 10.5. The second-order valence-corrected chi connectivity index (χ2v) is 10.1. The van der Waals surface area contributed by atoms with Gasteiger partial charge in [-0.15, -0.1) is 0 Å². The lowest BCUT2D eigenvalue weighted by atomic mass is 10.0. The number of methoxy groups -OCH3 is 1. The Kier molecular flexibility index (Phi) is 6.05. The maximum Gasteiger partial charge on any atom is 0.258 e. The first-order valence-corrected chi connectivity index (χ1v) is 12.0. The molecule has 0 aromatic heterocycles. The Bertz CT molecular complexity index is 1060. The molecule has 1 amide bonds. The number of hydrogen-bond acceptors (Lipinski definition) is 5. The van der Waals surface area contributed by atoms with Gasteiger partial charge in [0.2, 0.25) is 10.0 Å². The van der Waals surface area contributed by atoms with Crippen molar-refractivity contribution in [3.05, 3.63) is 53.6 Å². The lowest BCUT2D eigenvalue weighted by Crippen LogP contribution is -2.48. The van der Waals surface area contributed by atoms with Crippen LogP contribution in [-0.2, 0) is 21.2 Å². The number of amides is 1. The van der Waals surface area contributed by atoms with Crippen molar-refractivity contribution in [2.45, 2.75) is 43.8 Å². The summed E-state index contributed by atoms with van der Waals surface area (Å²) in [5.74, 6) is 0.637. The Morgan fingerprint density at radius 2 is 1.74 bits per heavy atom. The average Bonchev–Trinajstić information content (AvgIpc) is 2.77. The summed E-state index contributed by atoms with van der Waals surface area (Å²) in [6.07, 6.45) is 1.45. The van der Waals surface area contributed by atoms with Crippen molar-refractivity contribution in [3.8, 4) is 5.75 Å². The molecule has 31 heavy (non-hydrogen) atoms. The molecule has 1 saturated heterocycles. The summed E-state index contributed by atoms with van der Waals surface area (Å²) < 4.78 is 38.5. The minimum Gasteiger partial charge on any atom is -0.497 e. The predicted octanol–water partition coefficient (Wildman–Crippen LogP) is 3.09. The molecule has 0 bridgehead atoms. The summed E-state index contributed by atoms with van der Waals surface area (Å²) in [4.78, 5) is 15.1. The predicted molar refractivity (Wildman–Crippen MR) is 118 cm³/mol. The van der Waals surface area contributed by atoms with Crippen molar-refractivity contribution in [2.75, 3.05) is 31.6 Å². The Morgan fingerprint density at radius 1 is 1.06 bits per heavy atom. The highest BCUT2D eigenvalue weighted by atomic mass is 32.2. The number of rotatable bonds is 4. The number of nitrogens with zero attached hydrogens (tertiary/aromatic N) is 2. The minimum atomic E-state index is -3.64. The number of carbonyl (C=O) groups is 1. The van der Waals surface area contributed by atoms with Gasteiger partial charge in [-0.25, -0.2) is 8.42 Å². The molecule has 7 nitrogen and oxygen atoms in total. The maximum atomic E-state index is 13.2. The van der Waals surface area contributed by atoms with E-state index in [1.165, 1.54) is 16.4 Å². The molecule has 0 N–H and O–H groups in total. The van der Waals surface area contributed by atoms with E-state index in [2.05, 4.69) is 0 Å². The zero-order chi connectivity index (χ0) is 22.2. The van der Waals surface area contributed by atoms with Gasteiger partial charge in [-0.2, -0.15) is 4.31 Å². The fourth-order valence-electron chi connectivity index (χ4n) is 4.31. The quantitative estimate of drug-likeness (QED) is 0.724. The Morgan fingerprint density at radius 3 is 2.39 bits per heavy atom. The van der Waals surface area contributed by atoms with Crippen LogP contribution in [0.1, 0.15) is 36.2 Å². The number of benzene rings is 2. The van der Waals surface area contributed by atoms with Crippen molar-refractivity contribution >= 4 is 21.6 Å². The highest BCUT2D eigenvalue weighted by Gasteiger charge is 2.32. The molecule has 2 aliphatic heterocycles. The van der Waals surface area contributed by atoms with Crippen LogP contribution in [0, 0.1) is 0 Å². The third-order valence-electron chi connectivity index (χ3n) is 5.78. The molecule has 2 heterocycles. The van der Waals surface area contributed by atoms with Crippen LogP contribution in [0.15, 0.2) is 47.4 Å². The fourth-order valence-corrected chi connectivity index (χ4v) is 5.90. The van der Waals surface area contributed by atoms with Gasteiger partial charge in [0, 0.05) is 30.9 Å². The van der Waals surface area contributed by atoms with Crippen LogP contribution in [0.5, 0.6) is 5.75 Å². The van der Waals surface area contributed by atoms with E-state index in [9.17, 15) is 13.2 Å². The molecule has 8 heteroatoms. The topological polar surface area (TPSA) is 76.2 Å². The van der Waals surface area contributed by atoms with Crippen LogP contribution in [0.2, 0.25) is 0 Å². The van der Waals surface area contributed by atoms with E-state index in [0.29, 0.717) is 25.2 Å². The largest absolute Gasteiger partial charge is 0.497 e. The van der Waals surface area contributed by atoms with Crippen LogP contribution < -0.4 is 9.64 Å². The first kappa shape index (κ1) is 21.8. The summed E-state index contributed by atoms with van der Waals surface area (Å²) in [6, 6.07) is 12.0. The Balaban J connectivity index is 1.56. The molecule has 2 aromatic carbocycles. The zero-order valence-corrected chi connectivity index (χ0v) is 18.9. The van der Waals surface area contributed by atoms with E-state index in [0.717, 1.165) is 29.8 Å². The number of ether oxygens (including phenoxy) is 2. The van der Waals surface area contributed by atoms with Crippen LogP contribution in [-0.4, -0.2) is 57.6 Å². The number of carbonyl (C=O) groups excluding carboxylic acids is 1. The molecule has 0 radical (unpaired) electrons. The van der Waals surface area contributed by atoms with Gasteiger partial charge in [-0.05, 0) is 74.7 Å². The number of anilines is 1. The van der Waals surface area contributed by atoms with E-state index in [1.54, 1.807) is 24.1 Å². The smallest absolute Gasteiger partial charge is 0.258 e. The van der Waals surface area contributed by atoms with Gasteiger partial charge in [0.15, 0.2) is 0 Å². The summed E-state index contributed by atoms with van der Waals surface area (Å²) in [5.41, 5.74) is 2.42. The lowest BCUT2D eigenvalue weighted by Gasteiger charge is -2.34. The number of hydrogen-bond donors (Lipinski definition) is 0. The van der Waals surface area contributed by atoms with Gasteiger partial charge < -0.3 is 14.4 Å². The van der Waals surface area contributed by atoms with Gasteiger partial charge in [-0.3, -0.25) is 4.79 Å². The van der Waals surface area contributed by atoms with E-state index in [1.807, 2.05) is 32.0 Å². The fraction of sp³-hybridized carbons (Fsp3) is 0.435. The Hall–Kier alpha value is -2.42. The van der Waals surface area contributed by atoms with E-state index < -0.39 is 10.0 Å². The summed E-state index contributed by atoms with van der Waals surface area (Å²) in [6.45, 7) is 5.00. The van der Waals surface area contributed by atoms with Gasteiger partial charge in [0.05, 0.1) is 24.2 Å². The number of sulfonamides is 1. The average molecular weight is 445 g/mol. The molecule has 4 rings (SSSR count). The molecule has 0 unspecified atom stereocenters. The van der Waals surface area contributed by atoms with Gasteiger partial charge in [-0.1, -0.05) is 0 Å². The lowest BCUT2D eigenvalue weighted by molar-refractivity contribution is -0.0440. The van der Waals surface area contributed by atoms with E-state index in [4.69, 9.17) is 9.47 Å². The summed E-state index contributed by atoms with van der Waals surface area (Å²) >= 11 is 0. The minimum absolute atomic E-state index is 0.135. The third kappa shape index (κ3) is 4.33. The van der Waals surface area contributed by atoms with Gasteiger partial charge >= 0.3 is 0 Å². The molecule has 2 aliphatic rings.